The third kappa shape index (κ3) is 2.66. The van der Waals surface area contributed by atoms with E-state index in [0.29, 0.717) is 0 Å². The van der Waals surface area contributed by atoms with Crippen molar-refractivity contribution in [1.82, 2.24) is 15.1 Å². The van der Waals surface area contributed by atoms with Crippen LogP contribution in [0.25, 0.3) is 0 Å². The highest BCUT2D eigenvalue weighted by molar-refractivity contribution is 5.85. The summed E-state index contributed by atoms with van der Waals surface area (Å²) in [5.41, 5.74) is 0.770. The second kappa shape index (κ2) is 3.79. The lowest BCUT2D eigenvalue weighted by molar-refractivity contribution is -0.133. The summed E-state index contributed by atoms with van der Waals surface area (Å²) >= 11 is 0. The summed E-state index contributed by atoms with van der Waals surface area (Å²) in [5, 5.41) is 11.1. The molecule has 6 heteroatoms. The van der Waals surface area contributed by atoms with Gasteiger partial charge < -0.3 is 4.74 Å². The van der Waals surface area contributed by atoms with E-state index in [4.69, 9.17) is 4.74 Å². The average Bonchev–Trinajstić information content (AvgIpc) is 2.34. The minimum atomic E-state index is -0.404. The molecule has 1 aromatic heterocycles. The van der Waals surface area contributed by atoms with Crippen LogP contribution in [0.2, 0.25) is 0 Å². The van der Waals surface area contributed by atoms with Gasteiger partial charge in [-0.2, -0.15) is 0 Å². The second-order valence-electron chi connectivity index (χ2n) is 2.48. The Balaban J connectivity index is 2.76. The molecule has 1 heterocycles. The van der Waals surface area contributed by atoms with E-state index in [9.17, 15) is 4.79 Å². The van der Waals surface area contributed by atoms with E-state index in [2.05, 4.69) is 15.4 Å². The normalized spacial score (nSPS) is 11.5. The number of aryl methyl sites for hydroxylation is 1. The summed E-state index contributed by atoms with van der Waals surface area (Å²) in [4.78, 5) is 11.8. The van der Waals surface area contributed by atoms with Crippen molar-refractivity contribution in [2.24, 2.45) is 5.10 Å². The summed E-state index contributed by atoms with van der Waals surface area (Å²) in [6.07, 6.45) is 1.56. The first-order valence-corrected chi connectivity index (χ1v) is 3.71. The number of hydrogen-bond acceptors (Lipinski definition) is 5. The molecule has 0 atom stereocenters. The number of ether oxygens (including phenoxy) is 1. The second-order valence-corrected chi connectivity index (χ2v) is 2.48. The summed E-state index contributed by atoms with van der Waals surface area (Å²) < 4.78 is 4.70. The van der Waals surface area contributed by atoms with Crippen LogP contribution in [-0.2, 0) is 9.53 Å². The minimum absolute atomic E-state index is 0.237. The highest BCUT2D eigenvalue weighted by atomic mass is 16.5. The number of carbonyl (C=O) groups excluding carboxylic acids is 1. The molecular weight excluding hydrogens is 172 g/mol. The van der Waals surface area contributed by atoms with Gasteiger partial charge in [-0.05, 0) is 12.1 Å². The Bertz CT molecular complexity index is 342. The quantitative estimate of drug-likeness (QED) is 0.356. The lowest BCUT2D eigenvalue weighted by Crippen LogP contribution is -2.08. The van der Waals surface area contributed by atoms with E-state index in [1.165, 1.54) is 11.7 Å². The maximum absolute atomic E-state index is 10.5. The fourth-order valence-electron chi connectivity index (χ4n) is 0.741. The maximum Gasteiger partial charge on any atom is 0.309 e. The largest absolute Gasteiger partial charge is 0.410 e. The van der Waals surface area contributed by atoms with Gasteiger partial charge in [0.05, 0.1) is 11.9 Å². The summed E-state index contributed by atoms with van der Waals surface area (Å²) in [7, 11) is 0. The smallest absolute Gasteiger partial charge is 0.309 e. The Hall–Kier alpha value is -1.72. The molecule has 0 bridgehead atoms. The first-order chi connectivity index (χ1) is 6.09. The summed E-state index contributed by atoms with van der Waals surface area (Å²) in [6.45, 7) is 4.68. The predicted octanol–water partition coefficient (Wildman–Crippen LogP) is 0.331. The van der Waals surface area contributed by atoms with Gasteiger partial charge >= 0.3 is 5.97 Å². The van der Waals surface area contributed by atoms with Crippen LogP contribution in [-0.4, -0.2) is 27.0 Å². The molecule has 70 valence electrons. The number of rotatable bonds is 1. The molecule has 1 rings (SSSR count). The molecule has 0 amide bonds. The topological polar surface area (TPSA) is 69.4 Å². The maximum atomic E-state index is 10.5. The molecule has 0 fully saturated rings. The molecule has 0 unspecified atom stereocenters. The van der Waals surface area contributed by atoms with Crippen molar-refractivity contribution in [3.8, 4) is 0 Å². The fraction of sp³-hybridized carbons (Fsp3) is 0.429. The lowest BCUT2D eigenvalue weighted by atomic mass is 10.6. The van der Waals surface area contributed by atoms with Crippen molar-refractivity contribution >= 4 is 11.9 Å². The van der Waals surface area contributed by atoms with Gasteiger partial charge in [0.2, 0.25) is 5.90 Å². The van der Waals surface area contributed by atoms with Crippen molar-refractivity contribution in [3.05, 3.63) is 11.9 Å². The highest BCUT2D eigenvalue weighted by Gasteiger charge is 1.99. The van der Waals surface area contributed by atoms with Crippen LogP contribution in [0, 0.1) is 6.92 Å². The van der Waals surface area contributed by atoms with Crippen molar-refractivity contribution in [3.63, 3.8) is 0 Å². The Morgan fingerprint density at radius 3 is 2.77 bits per heavy atom. The van der Waals surface area contributed by atoms with Gasteiger partial charge in [-0.15, -0.1) is 15.0 Å². The molecule has 0 aliphatic heterocycles. The van der Waals surface area contributed by atoms with Crippen LogP contribution in [0.15, 0.2) is 11.3 Å². The third-order valence-electron chi connectivity index (χ3n) is 1.22. The Kier molecular flexibility index (Phi) is 2.73. The zero-order chi connectivity index (χ0) is 9.84. The molecule has 0 saturated heterocycles. The molecule has 0 aromatic carbocycles. The van der Waals surface area contributed by atoms with Crippen LogP contribution >= 0.6 is 0 Å². The van der Waals surface area contributed by atoms with Gasteiger partial charge in [0.25, 0.3) is 0 Å². The molecule has 1 aromatic rings. The van der Waals surface area contributed by atoms with E-state index in [1.807, 2.05) is 0 Å². The third-order valence-corrected chi connectivity index (χ3v) is 1.22. The first kappa shape index (κ1) is 9.37. The molecule has 0 N–H and O–H groups in total. The Morgan fingerprint density at radius 2 is 2.31 bits per heavy atom. The molecule has 0 aliphatic rings. The monoisotopic (exact) mass is 182 g/mol. The molecule has 13 heavy (non-hydrogen) atoms. The van der Waals surface area contributed by atoms with Crippen molar-refractivity contribution in [2.75, 3.05) is 0 Å². The van der Waals surface area contributed by atoms with Crippen molar-refractivity contribution < 1.29 is 9.53 Å². The standard InChI is InChI=1S/C7H10N4O2/c1-5-4-8-10-11(5)9-6(2)13-7(3)12/h4H,1-3H3/b9-6+. The molecule has 0 aliphatic carbocycles. The van der Waals surface area contributed by atoms with Gasteiger partial charge in [0.15, 0.2) is 0 Å². The number of nitrogens with zero attached hydrogens (tertiary/aromatic N) is 4. The van der Waals surface area contributed by atoms with Crippen LogP contribution in [0.3, 0.4) is 0 Å². The SMILES string of the molecule is CC(=O)O/C(C)=N/n1nncc1C. The van der Waals surface area contributed by atoms with Crippen LogP contribution in [0.1, 0.15) is 19.5 Å². The molecule has 0 spiro atoms. The Labute approximate surface area is 75.2 Å². The first-order valence-electron chi connectivity index (χ1n) is 3.71. The fourth-order valence-corrected chi connectivity index (χ4v) is 0.741. The zero-order valence-electron chi connectivity index (χ0n) is 7.68. The van der Waals surface area contributed by atoms with Gasteiger partial charge in [-0.1, -0.05) is 0 Å². The van der Waals surface area contributed by atoms with Crippen LogP contribution < -0.4 is 0 Å². The van der Waals surface area contributed by atoms with Crippen LogP contribution in [0.5, 0.6) is 0 Å². The van der Waals surface area contributed by atoms with E-state index in [1.54, 1.807) is 20.0 Å². The van der Waals surface area contributed by atoms with Gasteiger partial charge in [0, 0.05) is 13.8 Å². The van der Waals surface area contributed by atoms with Gasteiger partial charge in [-0.3, -0.25) is 4.79 Å². The average molecular weight is 182 g/mol. The van der Waals surface area contributed by atoms with E-state index < -0.39 is 5.97 Å². The van der Waals surface area contributed by atoms with E-state index in [0.717, 1.165) is 5.69 Å². The van der Waals surface area contributed by atoms with E-state index >= 15 is 0 Å². The van der Waals surface area contributed by atoms with Crippen molar-refractivity contribution in [2.45, 2.75) is 20.8 Å². The Morgan fingerprint density at radius 1 is 1.62 bits per heavy atom. The molecule has 0 saturated carbocycles. The zero-order valence-corrected chi connectivity index (χ0v) is 7.68. The predicted molar refractivity (Wildman–Crippen MR) is 45.0 cm³/mol. The lowest BCUT2D eigenvalue weighted by Gasteiger charge is -1.98. The number of esters is 1. The highest BCUT2D eigenvalue weighted by Crippen LogP contribution is 1.93. The van der Waals surface area contributed by atoms with Crippen molar-refractivity contribution in [1.29, 1.82) is 0 Å². The molecular formula is C7H10N4O2. The number of aromatic nitrogens is 3. The summed E-state index contributed by atoms with van der Waals surface area (Å²) in [5.74, 6) is -0.167. The van der Waals surface area contributed by atoms with Gasteiger partial charge in [0.1, 0.15) is 0 Å². The molecule has 6 nitrogen and oxygen atoms in total. The summed E-state index contributed by atoms with van der Waals surface area (Å²) in [6, 6.07) is 0. The number of hydrogen-bond donors (Lipinski definition) is 0. The van der Waals surface area contributed by atoms with Gasteiger partial charge in [-0.25, -0.2) is 0 Å². The van der Waals surface area contributed by atoms with E-state index in [-0.39, 0.29) is 5.90 Å². The minimum Gasteiger partial charge on any atom is -0.410 e. The molecule has 0 radical (unpaired) electrons. The number of carbonyl (C=O) groups is 1. The van der Waals surface area contributed by atoms with Crippen LogP contribution in [0.4, 0.5) is 0 Å².